The molecule has 0 amide bonds. The summed E-state index contributed by atoms with van der Waals surface area (Å²) < 4.78 is 18.4. The monoisotopic (exact) mass is 346 g/mol. The third-order valence-electron chi connectivity index (χ3n) is 4.56. The molecular formula is C22H31FO2. The molecular weight excluding hydrogens is 315 g/mol. The second kappa shape index (κ2) is 9.55. The minimum absolute atomic E-state index is 0.165. The second-order valence-electron chi connectivity index (χ2n) is 7.25. The van der Waals surface area contributed by atoms with Gasteiger partial charge in [0.2, 0.25) is 5.83 Å². The van der Waals surface area contributed by atoms with Crippen LogP contribution in [0.5, 0.6) is 0 Å². The van der Waals surface area contributed by atoms with Crippen LogP contribution in [-0.4, -0.2) is 12.6 Å². The highest BCUT2D eigenvalue weighted by molar-refractivity contribution is 5.87. The molecule has 0 atom stereocenters. The maximum absolute atomic E-state index is 13.7. The summed E-state index contributed by atoms with van der Waals surface area (Å²) in [5.41, 5.74) is 4.43. The largest absolute Gasteiger partial charge is 0.461 e. The smallest absolute Gasteiger partial charge is 0.367 e. The van der Waals surface area contributed by atoms with Crippen LogP contribution in [0.15, 0.2) is 58.5 Å². The average molecular weight is 346 g/mol. The lowest BCUT2D eigenvalue weighted by Crippen LogP contribution is -2.19. The quantitative estimate of drug-likeness (QED) is 0.317. The number of hydrogen-bond donors (Lipinski definition) is 0. The highest BCUT2D eigenvalue weighted by Gasteiger charge is 2.26. The van der Waals surface area contributed by atoms with E-state index in [1.165, 1.54) is 30.4 Å². The van der Waals surface area contributed by atoms with Gasteiger partial charge in [-0.15, -0.1) is 0 Å². The normalized spacial score (nSPS) is 19.6. The third kappa shape index (κ3) is 6.49. The Hall–Kier alpha value is -1.90. The summed E-state index contributed by atoms with van der Waals surface area (Å²) >= 11 is 0. The van der Waals surface area contributed by atoms with Gasteiger partial charge in [0.25, 0.3) is 0 Å². The van der Waals surface area contributed by atoms with Gasteiger partial charge in [-0.1, -0.05) is 55.4 Å². The van der Waals surface area contributed by atoms with E-state index in [0.717, 1.165) is 5.57 Å². The van der Waals surface area contributed by atoms with Crippen LogP contribution < -0.4 is 0 Å². The fourth-order valence-electron chi connectivity index (χ4n) is 3.05. The minimum atomic E-state index is -0.910. The Labute approximate surface area is 151 Å². The summed E-state index contributed by atoms with van der Waals surface area (Å²) in [6.07, 6.45) is 13.2. The molecule has 1 aliphatic rings. The second-order valence-corrected chi connectivity index (χ2v) is 7.25. The summed E-state index contributed by atoms with van der Waals surface area (Å²) in [5.74, 6) is -1.75. The van der Waals surface area contributed by atoms with Crippen molar-refractivity contribution in [3.63, 3.8) is 0 Å². The summed E-state index contributed by atoms with van der Waals surface area (Å²) in [4.78, 5) is 11.3. The topological polar surface area (TPSA) is 26.3 Å². The summed E-state index contributed by atoms with van der Waals surface area (Å²) in [5, 5.41) is 0. The van der Waals surface area contributed by atoms with E-state index >= 15 is 0 Å². The van der Waals surface area contributed by atoms with Gasteiger partial charge in [-0.05, 0) is 63.5 Å². The zero-order chi connectivity index (χ0) is 19.0. The van der Waals surface area contributed by atoms with E-state index in [2.05, 4.69) is 37.7 Å². The number of allylic oxidation sites excluding steroid dienone is 9. The van der Waals surface area contributed by atoms with Crippen LogP contribution in [-0.2, 0) is 9.53 Å². The van der Waals surface area contributed by atoms with Crippen LogP contribution in [0, 0.1) is 5.41 Å². The van der Waals surface area contributed by atoms with Crippen LogP contribution in [0.1, 0.15) is 60.8 Å². The molecule has 25 heavy (non-hydrogen) atoms. The zero-order valence-electron chi connectivity index (χ0n) is 16.4. The van der Waals surface area contributed by atoms with Crippen molar-refractivity contribution < 1.29 is 13.9 Å². The Bertz CT molecular complexity index is 643. The molecule has 0 aromatic heterocycles. The van der Waals surface area contributed by atoms with E-state index in [4.69, 9.17) is 0 Å². The van der Waals surface area contributed by atoms with Gasteiger partial charge in [0.15, 0.2) is 0 Å². The molecule has 0 saturated carbocycles. The molecule has 0 fully saturated rings. The van der Waals surface area contributed by atoms with E-state index in [9.17, 15) is 9.18 Å². The standard InChI is InChI=1S/C22H31FO2/c1-7-25-21(24)20(23)18(4)11-8-10-16(2)13-14-19-17(3)12-9-15-22(19,5)6/h8,10-11,13-14H,7,9,12,15H2,1-6H3/b11-8+,14-13+,16-10-,20-18-. The first kappa shape index (κ1) is 21.1. The van der Waals surface area contributed by atoms with Gasteiger partial charge in [0.1, 0.15) is 0 Å². The van der Waals surface area contributed by atoms with Crippen LogP contribution in [0.3, 0.4) is 0 Å². The first-order valence-electron chi connectivity index (χ1n) is 8.95. The number of carbonyl (C=O) groups is 1. The maximum atomic E-state index is 13.7. The van der Waals surface area contributed by atoms with Gasteiger partial charge in [-0.3, -0.25) is 0 Å². The van der Waals surface area contributed by atoms with Crippen molar-refractivity contribution >= 4 is 5.97 Å². The van der Waals surface area contributed by atoms with Gasteiger partial charge in [0.05, 0.1) is 6.61 Å². The highest BCUT2D eigenvalue weighted by atomic mass is 19.1. The van der Waals surface area contributed by atoms with Crippen LogP contribution in [0.25, 0.3) is 0 Å². The van der Waals surface area contributed by atoms with Gasteiger partial charge >= 0.3 is 5.97 Å². The molecule has 0 aromatic rings. The lowest BCUT2D eigenvalue weighted by atomic mass is 9.72. The molecule has 1 rings (SSSR count). The van der Waals surface area contributed by atoms with E-state index in [0.29, 0.717) is 0 Å². The Balaban J connectivity index is 2.82. The van der Waals surface area contributed by atoms with Gasteiger partial charge < -0.3 is 4.74 Å². The lowest BCUT2D eigenvalue weighted by molar-refractivity contribution is -0.140. The fourth-order valence-corrected chi connectivity index (χ4v) is 3.05. The van der Waals surface area contributed by atoms with Gasteiger partial charge in [-0.2, -0.15) is 4.39 Å². The lowest BCUT2D eigenvalue weighted by Gasteiger charge is -2.32. The first-order chi connectivity index (χ1) is 11.7. The molecule has 0 heterocycles. The number of ether oxygens (including phenoxy) is 1. The Morgan fingerprint density at radius 2 is 1.96 bits per heavy atom. The van der Waals surface area contributed by atoms with Crippen LogP contribution >= 0.6 is 0 Å². The number of rotatable bonds is 6. The molecule has 138 valence electrons. The van der Waals surface area contributed by atoms with Crippen molar-refractivity contribution in [2.24, 2.45) is 5.41 Å². The Morgan fingerprint density at radius 1 is 1.28 bits per heavy atom. The maximum Gasteiger partial charge on any atom is 0.367 e. The number of esters is 1. The molecule has 0 radical (unpaired) electrons. The zero-order valence-corrected chi connectivity index (χ0v) is 16.4. The molecule has 0 aliphatic heterocycles. The third-order valence-corrected chi connectivity index (χ3v) is 4.56. The van der Waals surface area contributed by atoms with E-state index in [-0.39, 0.29) is 17.6 Å². The fraction of sp³-hybridized carbons (Fsp3) is 0.500. The van der Waals surface area contributed by atoms with E-state index < -0.39 is 11.8 Å². The van der Waals surface area contributed by atoms with Crippen molar-refractivity contribution in [3.05, 3.63) is 58.5 Å². The van der Waals surface area contributed by atoms with Crippen molar-refractivity contribution in [2.75, 3.05) is 6.61 Å². The van der Waals surface area contributed by atoms with Crippen molar-refractivity contribution in [3.8, 4) is 0 Å². The molecule has 3 heteroatoms. The molecule has 0 aromatic carbocycles. The molecule has 0 N–H and O–H groups in total. The van der Waals surface area contributed by atoms with E-state index in [1.54, 1.807) is 26.0 Å². The molecule has 0 saturated heterocycles. The molecule has 0 unspecified atom stereocenters. The molecule has 2 nitrogen and oxygen atoms in total. The Morgan fingerprint density at radius 3 is 2.56 bits per heavy atom. The number of carbonyl (C=O) groups excluding carboxylic acids is 1. The van der Waals surface area contributed by atoms with Crippen molar-refractivity contribution in [1.82, 2.24) is 0 Å². The minimum Gasteiger partial charge on any atom is -0.461 e. The average Bonchev–Trinajstić information content (AvgIpc) is 2.53. The van der Waals surface area contributed by atoms with E-state index in [1.807, 2.05) is 13.0 Å². The van der Waals surface area contributed by atoms with Crippen molar-refractivity contribution in [1.29, 1.82) is 0 Å². The number of halogens is 1. The predicted molar refractivity (Wildman–Crippen MR) is 103 cm³/mol. The predicted octanol–water partition coefficient (Wildman–Crippen LogP) is 6.38. The van der Waals surface area contributed by atoms with Gasteiger partial charge in [0, 0.05) is 0 Å². The highest BCUT2D eigenvalue weighted by Crippen LogP contribution is 2.40. The Kier molecular flexibility index (Phi) is 8.08. The number of hydrogen-bond acceptors (Lipinski definition) is 2. The molecule has 0 spiro atoms. The van der Waals surface area contributed by atoms with Crippen LogP contribution in [0.4, 0.5) is 4.39 Å². The molecule has 0 bridgehead atoms. The molecule has 1 aliphatic carbocycles. The summed E-state index contributed by atoms with van der Waals surface area (Å²) in [6, 6.07) is 0. The van der Waals surface area contributed by atoms with Crippen LogP contribution in [0.2, 0.25) is 0 Å². The SMILES string of the molecule is CCOC(=O)/C(F)=C(C)/C=C/C=C(C)\C=C\C1=C(C)CCCC1(C)C. The summed E-state index contributed by atoms with van der Waals surface area (Å²) in [7, 11) is 0. The first-order valence-corrected chi connectivity index (χ1v) is 8.95. The van der Waals surface area contributed by atoms with Gasteiger partial charge in [-0.25, -0.2) is 4.79 Å². The summed E-state index contributed by atoms with van der Waals surface area (Å²) in [6.45, 7) is 12.2. The van der Waals surface area contributed by atoms with Crippen molar-refractivity contribution in [2.45, 2.75) is 60.8 Å².